The molecule has 3 aromatic rings. The molecule has 1 unspecified atom stereocenters. The maximum Gasteiger partial charge on any atom is 0.348 e. The molecule has 1 atom stereocenters. The molecule has 1 aromatic heterocycles. The quantitative estimate of drug-likeness (QED) is 0.182. The summed E-state index contributed by atoms with van der Waals surface area (Å²) >= 11 is 0. The number of nitrogens with two attached hydrogens (primary N) is 1. The molecule has 36 heavy (non-hydrogen) atoms. The number of aryl methyl sites for hydroxylation is 1. The normalized spacial score (nSPS) is 15.5. The Morgan fingerprint density at radius 1 is 1.19 bits per heavy atom. The lowest BCUT2D eigenvalue weighted by Crippen LogP contribution is -2.57. The molecule has 1 aliphatic rings. The van der Waals surface area contributed by atoms with Crippen molar-refractivity contribution in [1.29, 1.82) is 5.41 Å². The molecule has 4 rings (SSSR count). The molecule has 1 fully saturated rings. The van der Waals surface area contributed by atoms with Crippen molar-refractivity contribution in [2.75, 3.05) is 19.0 Å². The zero-order chi connectivity index (χ0) is 25.9. The molecule has 0 saturated heterocycles. The first kappa shape index (κ1) is 25.4. The summed E-state index contributed by atoms with van der Waals surface area (Å²) in [7, 11) is 3.34. The highest BCUT2D eigenvalue weighted by Crippen LogP contribution is 2.38. The number of nitrogens with one attached hydrogen (secondary N) is 2. The topological polar surface area (TPSA) is 132 Å². The minimum absolute atomic E-state index is 0.0345. The predicted molar refractivity (Wildman–Crippen MR) is 138 cm³/mol. The van der Waals surface area contributed by atoms with E-state index < -0.39 is 17.5 Å². The standard InChI is InChI=1S/C27H33N5O4/c1-4-36-26(34)27(35-3,19-7-5-6-8-19)25(33)30-20-13-14-22-21(16-20)31-23(32(22)2)15-17-9-11-18(12-10-17)24(28)29/h9-14,16,19H,4-8,15H2,1-3H3,(H3,28,29)(H,30,33). The molecule has 0 spiro atoms. The first-order valence-corrected chi connectivity index (χ1v) is 12.2. The van der Waals surface area contributed by atoms with Crippen molar-refractivity contribution < 1.29 is 19.1 Å². The van der Waals surface area contributed by atoms with Crippen LogP contribution in [0.5, 0.6) is 0 Å². The molecule has 0 radical (unpaired) electrons. The van der Waals surface area contributed by atoms with Gasteiger partial charge in [0.1, 0.15) is 11.7 Å². The van der Waals surface area contributed by atoms with E-state index >= 15 is 0 Å². The number of amides is 1. The van der Waals surface area contributed by atoms with Gasteiger partial charge in [-0.2, -0.15) is 0 Å². The fourth-order valence-corrected chi connectivity index (χ4v) is 5.05. The van der Waals surface area contributed by atoms with E-state index in [-0.39, 0.29) is 18.4 Å². The molecule has 0 aliphatic heterocycles. The van der Waals surface area contributed by atoms with E-state index in [4.69, 9.17) is 25.6 Å². The van der Waals surface area contributed by atoms with E-state index in [1.54, 1.807) is 19.1 Å². The van der Waals surface area contributed by atoms with Crippen molar-refractivity contribution in [3.8, 4) is 0 Å². The number of anilines is 1. The van der Waals surface area contributed by atoms with Crippen LogP contribution in [-0.2, 0) is 32.5 Å². The van der Waals surface area contributed by atoms with Gasteiger partial charge in [-0.1, -0.05) is 37.1 Å². The van der Waals surface area contributed by atoms with Crippen molar-refractivity contribution >= 4 is 34.4 Å². The minimum atomic E-state index is -1.68. The van der Waals surface area contributed by atoms with Crippen LogP contribution in [0.3, 0.4) is 0 Å². The van der Waals surface area contributed by atoms with Gasteiger partial charge in [-0.15, -0.1) is 0 Å². The highest BCUT2D eigenvalue weighted by molar-refractivity contribution is 6.12. The molecular weight excluding hydrogens is 458 g/mol. The van der Waals surface area contributed by atoms with Gasteiger partial charge in [0, 0.05) is 37.7 Å². The third kappa shape index (κ3) is 4.70. The van der Waals surface area contributed by atoms with Gasteiger partial charge in [0.15, 0.2) is 0 Å². The molecule has 0 bridgehead atoms. The van der Waals surface area contributed by atoms with Crippen LogP contribution in [0.2, 0.25) is 0 Å². The van der Waals surface area contributed by atoms with Gasteiger partial charge < -0.3 is 25.1 Å². The first-order chi connectivity index (χ1) is 17.3. The average Bonchev–Trinajstić information content (AvgIpc) is 3.49. The lowest BCUT2D eigenvalue weighted by molar-refractivity contribution is -0.179. The molecule has 190 valence electrons. The molecule has 9 nitrogen and oxygen atoms in total. The summed E-state index contributed by atoms with van der Waals surface area (Å²) in [4.78, 5) is 31.3. The van der Waals surface area contributed by atoms with Gasteiger partial charge in [-0.05, 0) is 43.5 Å². The van der Waals surface area contributed by atoms with E-state index in [0.717, 1.165) is 48.1 Å². The number of amidine groups is 1. The zero-order valence-electron chi connectivity index (χ0n) is 21.0. The van der Waals surface area contributed by atoms with Gasteiger partial charge in [0.2, 0.25) is 5.60 Å². The number of aromatic nitrogens is 2. The number of hydrogen-bond donors (Lipinski definition) is 3. The summed E-state index contributed by atoms with van der Waals surface area (Å²) in [5, 5.41) is 10.4. The van der Waals surface area contributed by atoms with Crippen LogP contribution in [0.25, 0.3) is 11.0 Å². The molecule has 1 aliphatic carbocycles. The van der Waals surface area contributed by atoms with Crippen LogP contribution in [0.15, 0.2) is 42.5 Å². The molecule has 4 N–H and O–H groups in total. The Hall–Kier alpha value is -3.72. The lowest BCUT2D eigenvalue weighted by atomic mass is 9.84. The fourth-order valence-electron chi connectivity index (χ4n) is 5.05. The summed E-state index contributed by atoms with van der Waals surface area (Å²) < 4.78 is 12.9. The number of esters is 1. The van der Waals surface area contributed by atoms with Crippen LogP contribution in [0.1, 0.15) is 49.6 Å². The van der Waals surface area contributed by atoms with E-state index in [0.29, 0.717) is 17.7 Å². The third-order valence-corrected chi connectivity index (χ3v) is 7.03. The van der Waals surface area contributed by atoms with Crippen LogP contribution in [-0.4, -0.2) is 46.6 Å². The molecule has 1 heterocycles. The highest BCUT2D eigenvalue weighted by atomic mass is 16.6. The maximum atomic E-state index is 13.5. The second-order valence-electron chi connectivity index (χ2n) is 9.17. The van der Waals surface area contributed by atoms with E-state index in [1.165, 1.54) is 7.11 Å². The Morgan fingerprint density at radius 3 is 2.50 bits per heavy atom. The van der Waals surface area contributed by atoms with Crippen molar-refractivity contribution in [3.63, 3.8) is 0 Å². The largest absolute Gasteiger partial charge is 0.463 e. The number of nitrogen functional groups attached to an aromatic ring is 1. The van der Waals surface area contributed by atoms with E-state index in [9.17, 15) is 9.59 Å². The Balaban J connectivity index is 1.59. The molecular formula is C27H33N5O4. The second kappa shape index (κ2) is 10.5. The monoisotopic (exact) mass is 491 g/mol. The first-order valence-electron chi connectivity index (χ1n) is 12.2. The van der Waals surface area contributed by atoms with Gasteiger partial charge >= 0.3 is 5.97 Å². The number of rotatable bonds is 9. The number of fused-ring (bicyclic) bond motifs is 1. The number of carbonyl (C=O) groups excluding carboxylic acids is 2. The number of imidazole rings is 1. The van der Waals surface area contributed by atoms with E-state index in [2.05, 4.69) is 5.32 Å². The molecule has 1 saturated carbocycles. The van der Waals surface area contributed by atoms with Crippen LogP contribution < -0.4 is 11.1 Å². The minimum Gasteiger partial charge on any atom is -0.463 e. The van der Waals surface area contributed by atoms with Crippen LogP contribution in [0, 0.1) is 11.3 Å². The number of hydrogen-bond acceptors (Lipinski definition) is 6. The van der Waals surface area contributed by atoms with Gasteiger partial charge in [0.25, 0.3) is 5.91 Å². The van der Waals surface area contributed by atoms with Crippen molar-refractivity contribution in [3.05, 3.63) is 59.4 Å². The fraction of sp³-hybridized carbons (Fsp3) is 0.407. The van der Waals surface area contributed by atoms with Crippen molar-refractivity contribution in [2.24, 2.45) is 18.7 Å². The number of benzene rings is 2. The van der Waals surface area contributed by atoms with Crippen LogP contribution in [0.4, 0.5) is 5.69 Å². The molecule has 2 aromatic carbocycles. The Bertz CT molecular complexity index is 1280. The summed E-state index contributed by atoms with van der Waals surface area (Å²) in [5.74, 6) is -0.508. The summed E-state index contributed by atoms with van der Waals surface area (Å²) in [6.07, 6.45) is 3.96. The predicted octanol–water partition coefficient (Wildman–Crippen LogP) is 3.53. The Labute approximate surface area is 210 Å². The smallest absolute Gasteiger partial charge is 0.348 e. The van der Waals surface area contributed by atoms with Gasteiger partial charge in [0.05, 0.1) is 17.6 Å². The van der Waals surface area contributed by atoms with Crippen molar-refractivity contribution in [2.45, 2.75) is 44.6 Å². The summed E-state index contributed by atoms with van der Waals surface area (Å²) in [6, 6.07) is 13.0. The number of methoxy groups -OCH3 is 1. The Morgan fingerprint density at radius 2 is 1.89 bits per heavy atom. The third-order valence-electron chi connectivity index (χ3n) is 7.03. The highest BCUT2D eigenvalue weighted by Gasteiger charge is 2.54. The Kier molecular flexibility index (Phi) is 7.40. The summed E-state index contributed by atoms with van der Waals surface area (Å²) in [5.41, 5.74) is 7.77. The van der Waals surface area contributed by atoms with Crippen molar-refractivity contribution in [1.82, 2.24) is 9.55 Å². The van der Waals surface area contributed by atoms with Crippen LogP contribution >= 0.6 is 0 Å². The maximum absolute atomic E-state index is 13.5. The SMILES string of the molecule is CCOC(=O)C(OC)(C(=O)Nc1ccc2c(c1)nc(Cc1ccc(C(=N)N)cc1)n2C)C1CCCC1. The van der Waals surface area contributed by atoms with Gasteiger partial charge in [-0.25, -0.2) is 9.78 Å². The zero-order valence-corrected chi connectivity index (χ0v) is 21.0. The number of ether oxygens (including phenoxy) is 2. The van der Waals surface area contributed by atoms with E-state index in [1.807, 2.05) is 41.9 Å². The lowest BCUT2D eigenvalue weighted by Gasteiger charge is -2.33. The number of carbonyl (C=O) groups is 2. The molecule has 9 heteroatoms. The summed E-state index contributed by atoms with van der Waals surface area (Å²) in [6.45, 7) is 1.89. The number of nitrogens with zero attached hydrogens (tertiary/aromatic N) is 2. The van der Waals surface area contributed by atoms with Gasteiger partial charge in [-0.3, -0.25) is 10.2 Å². The average molecular weight is 492 g/mol. The second-order valence-corrected chi connectivity index (χ2v) is 9.17. The molecule has 1 amide bonds.